The van der Waals surface area contributed by atoms with E-state index in [9.17, 15) is 4.79 Å². The zero-order chi connectivity index (χ0) is 12.4. The standard InChI is InChI=1S/C13H20O3/c1-6-7-13(8-10(2)3)11(14)9-15-12(4,5)16-13/h6H,1-2,7-9H2,3-5H3/t13-/m1/s1. The molecule has 0 aromatic carbocycles. The monoisotopic (exact) mass is 224 g/mol. The minimum absolute atomic E-state index is 0.0327. The lowest BCUT2D eigenvalue weighted by atomic mass is 9.86. The lowest BCUT2D eigenvalue weighted by molar-refractivity contribution is -0.287. The smallest absolute Gasteiger partial charge is 0.191 e. The Balaban J connectivity index is 2.99. The Labute approximate surface area is 97.1 Å². The predicted octanol–water partition coefficient (Wildman–Crippen LogP) is 2.62. The van der Waals surface area contributed by atoms with Crippen molar-refractivity contribution in [2.24, 2.45) is 0 Å². The lowest BCUT2D eigenvalue weighted by Crippen LogP contribution is -2.55. The lowest BCUT2D eigenvalue weighted by Gasteiger charge is -2.43. The highest BCUT2D eigenvalue weighted by atomic mass is 16.7. The summed E-state index contributed by atoms with van der Waals surface area (Å²) >= 11 is 0. The van der Waals surface area contributed by atoms with Gasteiger partial charge in [0.1, 0.15) is 12.2 Å². The molecular formula is C13H20O3. The van der Waals surface area contributed by atoms with Crippen molar-refractivity contribution in [1.82, 2.24) is 0 Å². The Kier molecular flexibility index (Phi) is 3.71. The maximum Gasteiger partial charge on any atom is 0.191 e. The molecule has 0 unspecified atom stereocenters. The Morgan fingerprint density at radius 2 is 2.19 bits per heavy atom. The summed E-state index contributed by atoms with van der Waals surface area (Å²) in [5.41, 5.74) is 0.0860. The third-order valence-electron chi connectivity index (χ3n) is 2.56. The van der Waals surface area contributed by atoms with Crippen LogP contribution in [0.3, 0.4) is 0 Å². The molecule has 3 nitrogen and oxygen atoms in total. The highest BCUT2D eigenvalue weighted by Gasteiger charge is 2.47. The quantitative estimate of drug-likeness (QED) is 0.689. The zero-order valence-electron chi connectivity index (χ0n) is 10.3. The van der Waals surface area contributed by atoms with Crippen LogP contribution in [0, 0.1) is 0 Å². The SMILES string of the molecule is C=CC[C@]1(CC(=C)C)OC(C)(C)OCC1=O. The van der Waals surface area contributed by atoms with Crippen LogP contribution >= 0.6 is 0 Å². The van der Waals surface area contributed by atoms with Gasteiger partial charge in [0, 0.05) is 12.8 Å². The largest absolute Gasteiger partial charge is 0.343 e. The van der Waals surface area contributed by atoms with Crippen molar-refractivity contribution >= 4 is 5.78 Å². The first-order valence-electron chi connectivity index (χ1n) is 5.44. The van der Waals surface area contributed by atoms with Crippen LogP contribution in [-0.2, 0) is 14.3 Å². The molecule has 0 radical (unpaired) electrons. The van der Waals surface area contributed by atoms with E-state index in [4.69, 9.17) is 9.47 Å². The second-order valence-corrected chi connectivity index (χ2v) is 4.83. The van der Waals surface area contributed by atoms with Crippen molar-refractivity contribution in [3.63, 3.8) is 0 Å². The van der Waals surface area contributed by atoms with Crippen molar-refractivity contribution in [3.05, 3.63) is 24.8 Å². The first-order valence-corrected chi connectivity index (χ1v) is 5.44. The van der Waals surface area contributed by atoms with E-state index in [0.29, 0.717) is 12.8 Å². The molecule has 0 aromatic rings. The number of rotatable bonds is 4. The van der Waals surface area contributed by atoms with Crippen molar-refractivity contribution in [2.75, 3.05) is 6.61 Å². The molecule has 1 rings (SSSR count). The molecule has 0 aromatic heterocycles. The van der Waals surface area contributed by atoms with Crippen LogP contribution in [0.1, 0.15) is 33.6 Å². The van der Waals surface area contributed by atoms with Gasteiger partial charge in [0.05, 0.1) is 0 Å². The molecule has 1 saturated heterocycles. The Morgan fingerprint density at radius 3 is 2.69 bits per heavy atom. The predicted molar refractivity (Wildman–Crippen MR) is 63.1 cm³/mol. The van der Waals surface area contributed by atoms with Crippen molar-refractivity contribution in [3.8, 4) is 0 Å². The molecule has 1 heterocycles. The van der Waals surface area contributed by atoms with E-state index in [1.54, 1.807) is 6.08 Å². The van der Waals surface area contributed by atoms with Crippen LogP contribution in [0.2, 0.25) is 0 Å². The van der Waals surface area contributed by atoms with Gasteiger partial charge in [0.15, 0.2) is 11.6 Å². The van der Waals surface area contributed by atoms with Crippen LogP contribution < -0.4 is 0 Å². The minimum atomic E-state index is -0.838. The summed E-state index contributed by atoms with van der Waals surface area (Å²) in [4.78, 5) is 12.0. The molecule has 0 saturated carbocycles. The number of hydrogen-bond acceptors (Lipinski definition) is 3. The maximum atomic E-state index is 12.0. The fraction of sp³-hybridized carbons (Fsp3) is 0.615. The summed E-state index contributed by atoms with van der Waals surface area (Å²) in [5, 5.41) is 0. The molecule has 3 heteroatoms. The molecule has 0 N–H and O–H groups in total. The van der Waals surface area contributed by atoms with Gasteiger partial charge >= 0.3 is 0 Å². The molecule has 0 aliphatic carbocycles. The maximum absolute atomic E-state index is 12.0. The minimum Gasteiger partial charge on any atom is -0.343 e. The summed E-state index contributed by atoms with van der Waals surface area (Å²) in [6.45, 7) is 13.2. The molecule has 1 fully saturated rings. The highest BCUT2D eigenvalue weighted by molar-refractivity contribution is 5.89. The summed E-state index contributed by atoms with van der Waals surface area (Å²) in [6, 6.07) is 0. The highest BCUT2D eigenvalue weighted by Crippen LogP contribution is 2.35. The van der Waals surface area contributed by atoms with Gasteiger partial charge in [-0.1, -0.05) is 11.6 Å². The summed E-state index contributed by atoms with van der Waals surface area (Å²) in [5.74, 6) is -0.762. The van der Waals surface area contributed by atoms with Gasteiger partial charge in [-0.2, -0.15) is 0 Å². The number of Topliss-reactive ketones (excluding diaryl/α,β-unsaturated/α-hetero) is 1. The van der Waals surface area contributed by atoms with Crippen molar-refractivity contribution < 1.29 is 14.3 Å². The van der Waals surface area contributed by atoms with Gasteiger partial charge in [0.2, 0.25) is 0 Å². The van der Waals surface area contributed by atoms with E-state index < -0.39 is 11.4 Å². The topological polar surface area (TPSA) is 35.5 Å². The first kappa shape index (κ1) is 13.1. The normalized spacial score (nSPS) is 28.8. The molecule has 1 aliphatic rings. The molecule has 0 bridgehead atoms. The zero-order valence-corrected chi connectivity index (χ0v) is 10.3. The van der Waals surface area contributed by atoms with E-state index in [1.165, 1.54) is 0 Å². The molecule has 16 heavy (non-hydrogen) atoms. The fourth-order valence-corrected chi connectivity index (χ4v) is 2.01. The molecule has 1 atom stereocenters. The van der Waals surface area contributed by atoms with Crippen LogP contribution in [-0.4, -0.2) is 23.8 Å². The van der Waals surface area contributed by atoms with Crippen molar-refractivity contribution in [1.29, 1.82) is 0 Å². The van der Waals surface area contributed by atoms with E-state index in [0.717, 1.165) is 5.57 Å². The second-order valence-electron chi connectivity index (χ2n) is 4.83. The Bertz CT molecular complexity index is 317. The number of ketones is 1. The Hall–Kier alpha value is -0.930. The average Bonchev–Trinajstić information content (AvgIpc) is 2.11. The molecule has 0 amide bonds. The van der Waals surface area contributed by atoms with Gasteiger partial charge in [-0.05, 0) is 20.8 Å². The molecule has 0 spiro atoms. The summed E-state index contributed by atoms with van der Waals surface area (Å²) < 4.78 is 11.1. The second kappa shape index (κ2) is 4.52. The Morgan fingerprint density at radius 1 is 1.56 bits per heavy atom. The van der Waals surface area contributed by atoms with Gasteiger partial charge in [-0.15, -0.1) is 13.2 Å². The third kappa shape index (κ3) is 2.80. The van der Waals surface area contributed by atoms with Crippen LogP contribution in [0.4, 0.5) is 0 Å². The van der Waals surface area contributed by atoms with Gasteiger partial charge in [-0.3, -0.25) is 4.79 Å². The van der Waals surface area contributed by atoms with Crippen LogP contribution in [0.5, 0.6) is 0 Å². The number of ether oxygens (including phenoxy) is 2. The molecular weight excluding hydrogens is 204 g/mol. The van der Waals surface area contributed by atoms with Gasteiger partial charge in [0.25, 0.3) is 0 Å². The summed E-state index contributed by atoms with van der Waals surface area (Å²) in [7, 11) is 0. The fourth-order valence-electron chi connectivity index (χ4n) is 2.01. The van der Waals surface area contributed by atoms with E-state index in [1.807, 2.05) is 20.8 Å². The first-order chi connectivity index (χ1) is 7.31. The van der Waals surface area contributed by atoms with Gasteiger partial charge in [-0.25, -0.2) is 0 Å². The third-order valence-corrected chi connectivity index (χ3v) is 2.56. The van der Waals surface area contributed by atoms with Crippen LogP contribution in [0.15, 0.2) is 24.8 Å². The van der Waals surface area contributed by atoms with E-state index >= 15 is 0 Å². The van der Waals surface area contributed by atoms with Gasteiger partial charge < -0.3 is 9.47 Å². The number of carbonyl (C=O) groups excluding carboxylic acids is 1. The number of carbonyl (C=O) groups is 1. The summed E-state index contributed by atoms with van der Waals surface area (Å²) in [6.07, 6.45) is 2.72. The van der Waals surface area contributed by atoms with Crippen molar-refractivity contribution in [2.45, 2.75) is 45.0 Å². The molecule has 90 valence electrons. The number of hydrogen-bond donors (Lipinski definition) is 0. The van der Waals surface area contributed by atoms with Crippen LogP contribution in [0.25, 0.3) is 0 Å². The average molecular weight is 224 g/mol. The van der Waals surface area contributed by atoms with E-state index in [-0.39, 0.29) is 12.4 Å². The molecule has 1 aliphatic heterocycles. The van der Waals surface area contributed by atoms with E-state index in [2.05, 4.69) is 13.2 Å².